The maximum absolute atomic E-state index is 11.8. The molecule has 0 radical (unpaired) electrons. The Bertz CT molecular complexity index is 471. The molecular weight excluding hydrogens is 246 g/mol. The summed E-state index contributed by atoms with van der Waals surface area (Å²) in [6, 6.07) is 1.53. The SMILES string of the molecule is CNC(=O)CCCn1ncc(N(C)CCN)cc1=O. The summed E-state index contributed by atoms with van der Waals surface area (Å²) in [6.45, 7) is 1.63. The number of carbonyl (C=O) groups excluding carboxylic acids is 1. The smallest absolute Gasteiger partial charge is 0.268 e. The summed E-state index contributed by atoms with van der Waals surface area (Å²) in [6.07, 6.45) is 2.61. The van der Waals surface area contributed by atoms with Crippen LogP contribution in [0.25, 0.3) is 0 Å². The van der Waals surface area contributed by atoms with Gasteiger partial charge in [0.05, 0.1) is 11.9 Å². The van der Waals surface area contributed by atoms with Gasteiger partial charge in [-0.05, 0) is 6.42 Å². The number of rotatable bonds is 7. The Labute approximate surface area is 112 Å². The van der Waals surface area contributed by atoms with Crippen LogP contribution in [0.15, 0.2) is 17.1 Å². The second-order valence-corrected chi connectivity index (χ2v) is 4.26. The Morgan fingerprint density at radius 2 is 2.32 bits per heavy atom. The standard InChI is InChI=1S/C12H21N5O2/c1-14-11(18)4-3-6-17-12(19)8-10(9-15-17)16(2)7-5-13/h8-9H,3-7,13H2,1-2H3,(H,14,18). The van der Waals surface area contributed by atoms with Crippen LogP contribution < -0.4 is 21.5 Å². The van der Waals surface area contributed by atoms with Gasteiger partial charge in [0, 0.05) is 46.2 Å². The van der Waals surface area contributed by atoms with E-state index in [9.17, 15) is 9.59 Å². The minimum atomic E-state index is -0.168. The fourth-order valence-electron chi connectivity index (χ4n) is 1.64. The number of anilines is 1. The van der Waals surface area contributed by atoms with Gasteiger partial charge >= 0.3 is 0 Å². The van der Waals surface area contributed by atoms with Crippen molar-refractivity contribution in [3.05, 3.63) is 22.6 Å². The van der Waals surface area contributed by atoms with Gasteiger partial charge in [-0.15, -0.1) is 0 Å². The summed E-state index contributed by atoms with van der Waals surface area (Å²) < 4.78 is 1.36. The van der Waals surface area contributed by atoms with Gasteiger partial charge in [0.1, 0.15) is 0 Å². The molecule has 1 aromatic rings. The average Bonchev–Trinajstić information content (AvgIpc) is 2.40. The lowest BCUT2D eigenvalue weighted by atomic mass is 10.3. The third-order valence-electron chi connectivity index (χ3n) is 2.81. The van der Waals surface area contributed by atoms with E-state index in [-0.39, 0.29) is 11.5 Å². The normalized spacial score (nSPS) is 10.3. The number of likely N-dealkylation sites (N-methyl/N-ethyl adjacent to an activating group) is 1. The van der Waals surface area contributed by atoms with Gasteiger partial charge in [-0.2, -0.15) is 5.10 Å². The number of carbonyl (C=O) groups is 1. The molecular formula is C12H21N5O2. The van der Waals surface area contributed by atoms with Crippen molar-refractivity contribution in [2.24, 2.45) is 5.73 Å². The maximum Gasteiger partial charge on any atom is 0.268 e. The van der Waals surface area contributed by atoms with E-state index in [1.165, 1.54) is 10.7 Å². The molecule has 3 N–H and O–H groups in total. The first-order valence-corrected chi connectivity index (χ1v) is 6.27. The summed E-state index contributed by atoms with van der Waals surface area (Å²) in [4.78, 5) is 24.8. The van der Waals surface area contributed by atoms with Gasteiger partial charge in [-0.3, -0.25) is 9.59 Å². The number of aryl methyl sites for hydroxylation is 1. The van der Waals surface area contributed by atoms with E-state index in [1.54, 1.807) is 13.2 Å². The van der Waals surface area contributed by atoms with Gasteiger partial charge in [-0.1, -0.05) is 0 Å². The van der Waals surface area contributed by atoms with Crippen molar-refractivity contribution in [1.29, 1.82) is 0 Å². The Balaban J connectivity index is 2.62. The summed E-state index contributed by atoms with van der Waals surface area (Å²) in [5.74, 6) is -0.0349. The number of aromatic nitrogens is 2. The molecule has 0 bridgehead atoms. The monoisotopic (exact) mass is 267 g/mol. The highest BCUT2D eigenvalue weighted by atomic mass is 16.1. The summed E-state index contributed by atoms with van der Waals surface area (Å²) in [5.41, 5.74) is 6.04. The van der Waals surface area contributed by atoms with Gasteiger partial charge < -0.3 is 16.0 Å². The molecule has 106 valence electrons. The van der Waals surface area contributed by atoms with E-state index in [0.717, 1.165) is 5.69 Å². The Hall–Kier alpha value is -1.89. The first kappa shape index (κ1) is 15.2. The summed E-state index contributed by atoms with van der Waals surface area (Å²) >= 11 is 0. The molecule has 0 saturated carbocycles. The van der Waals surface area contributed by atoms with Gasteiger partial charge in [0.25, 0.3) is 5.56 Å². The van der Waals surface area contributed by atoms with Gasteiger partial charge in [-0.25, -0.2) is 4.68 Å². The van der Waals surface area contributed by atoms with Crippen LogP contribution in [0.1, 0.15) is 12.8 Å². The van der Waals surface area contributed by atoms with Crippen LogP contribution in [0.5, 0.6) is 0 Å². The molecule has 0 atom stereocenters. The zero-order valence-corrected chi connectivity index (χ0v) is 11.4. The van der Waals surface area contributed by atoms with E-state index in [2.05, 4.69) is 10.4 Å². The molecule has 0 spiro atoms. The lowest BCUT2D eigenvalue weighted by Crippen LogP contribution is -2.29. The second-order valence-electron chi connectivity index (χ2n) is 4.26. The van der Waals surface area contributed by atoms with Crippen LogP contribution in [0.2, 0.25) is 0 Å². The molecule has 0 aromatic carbocycles. The number of hydrogen-bond donors (Lipinski definition) is 2. The van der Waals surface area contributed by atoms with E-state index in [4.69, 9.17) is 5.73 Å². The average molecular weight is 267 g/mol. The summed E-state index contributed by atoms with van der Waals surface area (Å²) in [5, 5.41) is 6.63. The largest absolute Gasteiger partial charge is 0.372 e. The topological polar surface area (TPSA) is 93.2 Å². The fraction of sp³-hybridized carbons (Fsp3) is 0.583. The molecule has 1 rings (SSSR count). The molecule has 0 saturated heterocycles. The van der Waals surface area contributed by atoms with Crippen molar-refractivity contribution in [1.82, 2.24) is 15.1 Å². The molecule has 0 aliphatic heterocycles. The van der Waals surface area contributed by atoms with Crippen LogP contribution in [-0.2, 0) is 11.3 Å². The number of nitrogens with one attached hydrogen (secondary N) is 1. The van der Waals surface area contributed by atoms with Crippen LogP contribution in [0, 0.1) is 0 Å². The Morgan fingerprint density at radius 1 is 1.58 bits per heavy atom. The summed E-state index contributed by atoms with van der Waals surface area (Å²) in [7, 11) is 3.45. The van der Waals surface area contributed by atoms with E-state index >= 15 is 0 Å². The number of nitrogens with zero attached hydrogens (tertiary/aromatic N) is 3. The van der Waals surface area contributed by atoms with Crippen LogP contribution in [0.3, 0.4) is 0 Å². The van der Waals surface area contributed by atoms with E-state index in [1.807, 2.05) is 11.9 Å². The van der Waals surface area contributed by atoms with Crippen LogP contribution >= 0.6 is 0 Å². The highest BCUT2D eigenvalue weighted by Crippen LogP contribution is 2.05. The van der Waals surface area contributed by atoms with E-state index in [0.29, 0.717) is 32.5 Å². The van der Waals surface area contributed by atoms with Crippen molar-refractivity contribution in [2.75, 3.05) is 32.1 Å². The van der Waals surface area contributed by atoms with Crippen LogP contribution in [-0.4, -0.2) is 42.9 Å². The number of nitrogens with two attached hydrogens (primary N) is 1. The molecule has 1 aromatic heterocycles. The Kier molecular flexibility index (Phi) is 6.01. The van der Waals surface area contributed by atoms with E-state index < -0.39 is 0 Å². The zero-order valence-electron chi connectivity index (χ0n) is 11.4. The molecule has 1 heterocycles. The van der Waals surface area contributed by atoms with Crippen LogP contribution in [0.4, 0.5) is 5.69 Å². The lowest BCUT2D eigenvalue weighted by Gasteiger charge is -2.17. The van der Waals surface area contributed by atoms with Gasteiger partial charge in [0.15, 0.2) is 0 Å². The molecule has 0 aliphatic carbocycles. The highest BCUT2D eigenvalue weighted by molar-refractivity contribution is 5.75. The lowest BCUT2D eigenvalue weighted by molar-refractivity contribution is -0.120. The third-order valence-corrected chi connectivity index (χ3v) is 2.81. The van der Waals surface area contributed by atoms with Gasteiger partial charge in [0.2, 0.25) is 5.91 Å². The van der Waals surface area contributed by atoms with Crippen molar-refractivity contribution < 1.29 is 4.79 Å². The predicted molar refractivity (Wildman–Crippen MR) is 74.1 cm³/mol. The second kappa shape index (κ2) is 7.52. The minimum absolute atomic E-state index is 0.0349. The molecule has 7 heteroatoms. The first-order valence-electron chi connectivity index (χ1n) is 6.27. The number of hydrogen-bond acceptors (Lipinski definition) is 5. The Morgan fingerprint density at radius 3 is 2.89 bits per heavy atom. The predicted octanol–water partition coefficient (Wildman–Crippen LogP) is -0.836. The third kappa shape index (κ3) is 4.70. The molecule has 0 unspecified atom stereocenters. The zero-order chi connectivity index (χ0) is 14.3. The minimum Gasteiger partial charge on any atom is -0.372 e. The quantitative estimate of drug-likeness (QED) is 0.672. The van der Waals surface area contributed by atoms with Crippen molar-refractivity contribution in [3.8, 4) is 0 Å². The molecule has 0 fully saturated rings. The molecule has 19 heavy (non-hydrogen) atoms. The maximum atomic E-state index is 11.8. The van der Waals surface area contributed by atoms with Crippen molar-refractivity contribution in [2.45, 2.75) is 19.4 Å². The molecule has 7 nitrogen and oxygen atoms in total. The number of amides is 1. The molecule has 1 amide bonds. The molecule has 0 aliphatic rings. The van der Waals surface area contributed by atoms with Crippen molar-refractivity contribution in [3.63, 3.8) is 0 Å². The first-order chi connectivity index (χ1) is 9.08. The van der Waals surface area contributed by atoms with Crippen molar-refractivity contribution >= 4 is 11.6 Å². The fourth-order valence-corrected chi connectivity index (χ4v) is 1.64. The highest BCUT2D eigenvalue weighted by Gasteiger charge is 2.05.